The van der Waals surface area contributed by atoms with Gasteiger partial charge in [-0.25, -0.2) is 14.0 Å². The fourth-order valence-electron chi connectivity index (χ4n) is 2.57. The standard InChI is InChI=1S/C21H24FNO6/c1-2-28-20(26)16-12-15(8-9-17(16)22)19(25)18(24)10-11-23-21(27)29-13-14-6-4-3-5-7-14/h3-9,12,18-19,24-25H,2,10-11,13H2,1H3,(H,23,27). The van der Waals surface area contributed by atoms with E-state index in [0.29, 0.717) is 0 Å². The van der Waals surface area contributed by atoms with Crippen molar-refractivity contribution in [2.45, 2.75) is 32.2 Å². The smallest absolute Gasteiger partial charge is 0.407 e. The summed E-state index contributed by atoms with van der Waals surface area (Å²) in [6.07, 6.45) is -3.24. The second-order valence-electron chi connectivity index (χ2n) is 6.25. The van der Waals surface area contributed by atoms with E-state index in [-0.39, 0.29) is 37.3 Å². The highest BCUT2D eigenvalue weighted by Crippen LogP contribution is 2.22. The van der Waals surface area contributed by atoms with Crippen molar-refractivity contribution in [3.05, 3.63) is 71.0 Å². The van der Waals surface area contributed by atoms with Gasteiger partial charge in [-0.2, -0.15) is 0 Å². The van der Waals surface area contributed by atoms with Gasteiger partial charge in [-0.1, -0.05) is 36.4 Å². The minimum absolute atomic E-state index is 0.0215. The van der Waals surface area contributed by atoms with E-state index >= 15 is 0 Å². The summed E-state index contributed by atoms with van der Waals surface area (Å²) >= 11 is 0. The third-order valence-electron chi connectivity index (χ3n) is 4.11. The normalized spacial score (nSPS) is 12.7. The SMILES string of the molecule is CCOC(=O)c1cc(C(O)C(O)CCNC(=O)OCc2ccccc2)ccc1F. The number of carbonyl (C=O) groups excluding carboxylic acids is 2. The molecule has 7 nitrogen and oxygen atoms in total. The maximum absolute atomic E-state index is 13.8. The molecule has 0 saturated heterocycles. The predicted octanol–water partition coefficient (Wildman–Crippen LogP) is 2.71. The minimum Gasteiger partial charge on any atom is -0.462 e. The van der Waals surface area contributed by atoms with Crippen LogP contribution in [0.3, 0.4) is 0 Å². The lowest BCUT2D eigenvalue weighted by Gasteiger charge is -2.19. The number of nitrogens with one attached hydrogen (secondary N) is 1. The molecule has 2 aromatic carbocycles. The number of carbonyl (C=O) groups is 2. The molecule has 0 aliphatic heterocycles. The van der Waals surface area contributed by atoms with Crippen LogP contribution in [0.4, 0.5) is 9.18 Å². The molecule has 2 atom stereocenters. The fraction of sp³-hybridized carbons (Fsp3) is 0.333. The van der Waals surface area contributed by atoms with Crippen LogP contribution < -0.4 is 5.32 Å². The third kappa shape index (κ3) is 6.85. The number of hydrogen-bond donors (Lipinski definition) is 3. The minimum atomic E-state index is -1.37. The Labute approximate surface area is 168 Å². The maximum atomic E-state index is 13.8. The first-order valence-electron chi connectivity index (χ1n) is 9.19. The summed E-state index contributed by atoms with van der Waals surface area (Å²) in [5, 5.41) is 22.9. The van der Waals surface area contributed by atoms with E-state index in [1.165, 1.54) is 6.07 Å². The Kier molecular flexibility index (Phi) is 8.57. The molecule has 8 heteroatoms. The molecule has 0 saturated carbocycles. The highest BCUT2D eigenvalue weighted by atomic mass is 19.1. The van der Waals surface area contributed by atoms with Gasteiger partial charge in [0.2, 0.25) is 0 Å². The Balaban J connectivity index is 1.82. The molecule has 1 amide bonds. The second-order valence-corrected chi connectivity index (χ2v) is 6.25. The summed E-state index contributed by atoms with van der Waals surface area (Å²) in [5.41, 5.74) is 0.679. The molecular weight excluding hydrogens is 381 g/mol. The van der Waals surface area contributed by atoms with Crippen molar-refractivity contribution >= 4 is 12.1 Å². The van der Waals surface area contributed by atoms with Crippen molar-refractivity contribution in [1.82, 2.24) is 5.32 Å². The summed E-state index contributed by atoms with van der Waals surface area (Å²) < 4.78 is 23.6. The molecule has 0 heterocycles. The Morgan fingerprint density at radius 3 is 2.52 bits per heavy atom. The van der Waals surface area contributed by atoms with Gasteiger partial charge < -0.3 is 25.0 Å². The van der Waals surface area contributed by atoms with Crippen LogP contribution in [0, 0.1) is 5.82 Å². The molecule has 0 aliphatic rings. The van der Waals surface area contributed by atoms with Crippen LogP contribution in [-0.2, 0) is 16.1 Å². The van der Waals surface area contributed by atoms with E-state index in [9.17, 15) is 24.2 Å². The van der Waals surface area contributed by atoms with E-state index < -0.39 is 30.1 Å². The van der Waals surface area contributed by atoms with Gasteiger partial charge in [-0.15, -0.1) is 0 Å². The van der Waals surface area contributed by atoms with Crippen molar-refractivity contribution in [2.24, 2.45) is 0 Å². The quantitative estimate of drug-likeness (QED) is 0.554. The monoisotopic (exact) mass is 405 g/mol. The van der Waals surface area contributed by atoms with Gasteiger partial charge in [-0.3, -0.25) is 0 Å². The number of aliphatic hydroxyl groups is 2. The van der Waals surface area contributed by atoms with Crippen molar-refractivity contribution in [3.8, 4) is 0 Å². The first kappa shape index (κ1) is 22.3. The Morgan fingerprint density at radius 2 is 1.83 bits per heavy atom. The number of amides is 1. The number of esters is 1. The van der Waals surface area contributed by atoms with Gasteiger partial charge in [0, 0.05) is 6.54 Å². The lowest BCUT2D eigenvalue weighted by atomic mass is 10.00. The first-order valence-corrected chi connectivity index (χ1v) is 9.19. The third-order valence-corrected chi connectivity index (χ3v) is 4.11. The molecule has 0 aromatic heterocycles. The van der Waals surface area contributed by atoms with Crippen LogP contribution in [0.1, 0.15) is 40.9 Å². The van der Waals surface area contributed by atoms with Gasteiger partial charge in [0.15, 0.2) is 0 Å². The van der Waals surface area contributed by atoms with Crippen LogP contribution >= 0.6 is 0 Å². The zero-order valence-electron chi connectivity index (χ0n) is 16.0. The Morgan fingerprint density at radius 1 is 1.10 bits per heavy atom. The lowest BCUT2D eigenvalue weighted by molar-refractivity contribution is 0.0134. The van der Waals surface area contributed by atoms with E-state index in [2.05, 4.69) is 5.32 Å². The van der Waals surface area contributed by atoms with Gasteiger partial charge in [-0.05, 0) is 36.6 Å². The average molecular weight is 405 g/mol. The first-order chi connectivity index (χ1) is 13.9. The topological polar surface area (TPSA) is 105 Å². The molecule has 2 rings (SSSR count). The Hall–Kier alpha value is -2.97. The highest BCUT2D eigenvalue weighted by Gasteiger charge is 2.22. The number of ether oxygens (including phenoxy) is 2. The summed E-state index contributed by atoms with van der Waals surface area (Å²) in [4.78, 5) is 23.4. The van der Waals surface area contributed by atoms with Gasteiger partial charge in [0.25, 0.3) is 0 Å². The van der Waals surface area contributed by atoms with Gasteiger partial charge >= 0.3 is 12.1 Å². The number of benzene rings is 2. The number of hydrogen-bond acceptors (Lipinski definition) is 6. The average Bonchev–Trinajstić information content (AvgIpc) is 2.73. The molecular formula is C21H24FNO6. The molecule has 3 N–H and O–H groups in total. The number of rotatable bonds is 9. The van der Waals surface area contributed by atoms with Crippen molar-refractivity contribution < 1.29 is 33.7 Å². The largest absolute Gasteiger partial charge is 0.462 e. The van der Waals surface area contributed by atoms with Crippen LogP contribution in [0.5, 0.6) is 0 Å². The fourth-order valence-corrected chi connectivity index (χ4v) is 2.57. The van der Waals surface area contributed by atoms with Crippen LogP contribution in [0.25, 0.3) is 0 Å². The van der Waals surface area contributed by atoms with Gasteiger partial charge in [0.05, 0.1) is 18.3 Å². The molecule has 2 unspecified atom stereocenters. The molecule has 0 bridgehead atoms. The van der Waals surface area contributed by atoms with Crippen LogP contribution in [0.2, 0.25) is 0 Å². The van der Waals surface area contributed by atoms with Crippen molar-refractivity contribution in [1.29, 1.82) is 0 Å². The maximum Gasteiger partial charge on any atom is 0.407 e. The summed E-state index contributed by atoms with van der Waals surface area (Å²) in [6, 6.07) is 12.6. The van der Waals surface area contributed by atoms with Gasteiger partial charge in [0.1, 0.15) is 18.5 Å². The van der Waals surface area contributed by atoms with Crippen LogP contribution in [0.15, 0.2) is 48.5 Å². The van der Waals surface area contributed by atoms with Crippen LogP contribution in [-0.4, -0.2) is 41.5 Å². The zero-order chi connectivity index (χ0) is 21.2. The lowest BCUT2D eigenvalue weighted by Crippen LogP contribution is -2.29. The summed E-state index contributed by atoms with van der Waals surface area (Å²) in [6.45, 7) is 1.84. The molecule has 0 aliphatic carbocycles. The van der Waals surface area contributed by atoms with Crippen molar-refractivity contribution in [2.75, 3.05) is 13.2 Å². The molecule has 156 valence electrons. The van der Waals surface area contributed by atoms with Crippen molar-refractivity contribution in [3.63, 3.8) is 0 Å². The van der Waals surface area contributed by atoms with E-state index in [0.717, 1.165) is 17.7 Å². The van der Waals surface area contributed by atoms with E-state index in [1.807, 2.05) is 30.3 Å². The Bertz CT molecular complexity index is 814. The number of alkyl carbamates (subject to hydrolysis) is 1. The molecule has 0 fully saturated rings. The zero-order valence-corrected chi connectivity index (χ0v) is 16.0. The number of aliphatic hydroxyl groups excluding tert-OH is 2. The molecule has 0 spiro atoms. The summed E-state index contributed by atoms with van der Waals surface area (Å²) in [5.74, 6) is -1.63. The summed E-state index contributed by atoms with van der Waals surface area (Å²) in [7, 11) is 0. The number of halogens is 1. The highest BCUT2D eigenvalue weighted by molar-refractivity contribution is 5.89. The molecule has 29 heavy (non-hydrogen) atoms. The van der Waals surface area contributed by atoms with E-state index in [4.69, 9.17) is 9.47 Å². The second kappa shape index (κ2) is 11.1. The van der Waals surface area contributed by atoms with E-state index in [1.54, 1.807) is 6.92 Å². The predicted molar refractivity (Wildman–Crippen MR) is 103 cm³/mol. The molecule has 0 radical (unpaired) electrons. The molecule has 2 aromatic rings.